The molecule has 0 aromatic heterocycles. The van der Waals surface area contributed by atoms with E-state index in [1.54, 1.807) is 35.2 Å². The number of benzene rings is 2. The largest absolute Gasteiger partial charge is 0.389 e. The van der Waals surface area contributed by atoms with Gasteiger partial charge >= 0.3 is 0 Å². The number of allylic oxidation sites excluding steroid dienone is 1. The van der Waals surface area contributed by atoms with Gasteiger partial charge in [0.05, 0.1) is 18.0 Å². The molecule has 28 heavy (non-hydrogen) atoms. The first-order chi connectivity index (χ1) is 13.4. The topological polar surface area (TPSA) is 35.8 Å². The van der Waals surface area contributed by atoms with Gasteiger partial charge in [0.2, 0.25) is 0 Å². The molecule has 1 heterocycles. The highest BCUT2D eigenvalue weighted by atomic mass is 19.1. The number of halogens is 3. The third kappa shape index (κ3) is 4.34. The van der Waals surface area contributed by atoms with E-state index in [-0.39, 0.29) is 17.6 Å². The molecule has 3 rings (SSSR count). The molecule has 6 heteroatoms. The molecule has 0 bridgehead atoms. The quantitative estimate of drug-likeness (QED) is 0.794. The minimum Gasteiger partial charge on any atom is -0.389 e. The van der Waals surface area contributed by atoms with E-state index < -0.39 is 18.6 Å². The Labute approximate surface area is 162 Å². The molecular formula is C22H21F3N2O. The molecule has 1 aliphatic heterocycles. The second kappa shape index (κ2) is 8.44. The van der Waals surface area contributed by atoms with Crippen molar-refractivity contribution in [3.63, 3.8) is 0 Å². The predicted octanol–water partition coefficient (Wildman–Crippen LogP) is 4.90. The first kappa shape index (κ1) is 19.9. The summed E-state index contributed by atoms with van der Waals surface area (Å²) < 4.78 is 40.7. The Balaban J connectivity index is 2.15. The van der Waals surface area contributed by atoms with Gasteiger partial charge in [0.1, 0.15) is 23.6 Å². The van der Waals surface area contributed by atoms with Gasteiger partial charge in [-0.05, 0) is 66.1 Å². The number of aliphatic hydroxyl groups excluding tert-OH is 1. The molecule has 2 aromatic rings. The summed E-state index contributed by atoms with van der Waals surface area (Å²) >= 11 is 0. The maximum absolute atomic E-state index is 14.0. The molecule has 0 saturated carbocycles. The second-order valence-corrected chi connectivity index (χ2v) is 6.86. The molecule has 1 unspecified atom stereocenters. The molecule has 0 saturated heterocycles. The third-order valence-corrected chi connectivity index (χ3v) is 4.41. The van der Waals surface area contributed by atoms with Crippen LogP contribution in [0, 0.1) is 17.6 Å². The zero-order chi connectivity index (χ0) is 20.3. The number of rotatable bonds is 5. The van der Waals surface area contributed by atoms with Crippen molar-refractivity contribution in [2.45, 2.75) is 20.0 Å². The summed E-state index contributed by atoms with van der Waals surface area (Å²) in [4.78, 5) is 6.36. The summed E-state index contributed by atoms with van der Waals surface area (Å²) in [5.41, 5.74) is 2.62. The lowest BCUT2D eigenvalue weighted by atomic mass is 9.99. The van der Waals surface area contributed by atoms with Gasteiger partial charge in [0.25, 0.3) is 0 Å². The molecule has 2 aromatic carbocycles. The summed E-state index contributed by atoms with van der Waals surface area (Å²) in [5.74, 6) is -1.43. The van der Waals surface area contributed by atoms with Crippen LogP contribution < -0.4 is 0 Å². The van der Waals surface area contributed by atoms with Crippen molar-refractivity contribution in [3.05, 3.63) is 89.4 Å². The highest BCUT2D eigenvalue weighted by Gasteiger charge is 2.28. The monoisotopic (exact) mass is 386 g/mol. The lowest BCUT2D eigenvalue weighted by Crippen LogP contribution is -2.36. The summed E-state index contributed by atoms with van der Waals surface area (Å²) in [6.07, 6.45) is 2.51. The maximum Gasteiger partial charge on any atom is 0.141 e. The zero-order valence-corrected chi connectivity index (χ0v) is 15.6. The number of hydrogen-bond acceptors (Lipinski definition) is 3. The van der Waals surface area contributed by atoms with Crippen LogP contribution in [-0.2, 0) is 0 Å². The minimum absolute atomic E-state index is 0.00217. The van der Waals surface area contributed by atoms with Crippen LogP contribution in [0.5, 0.6) is 0 Å². The van der Waals surface area contributed by atoms with Crippen molar-refractivity contribution in [1.29, 1.82) is 0 Å². The van der Waals surface area contributed by atoms with E-state index in [2.05, 4.69) is 0 Å². The highest BCUT2D eigenvalue weighted by molar-refractivity contribution is 6.13. The molecule has 3 nitrogen and oxygen atoms in total. The Morgan fingerprint density at radius 1 is 1.04 bits per heavy atom. The molecule has 0 radical (unpaired) electrons. The molecule has 0 amide bonds. The van der Waals surface area contributed by atoms with E-state index in [1.165, 1.54) is 30.5 Å². The van der Waals surface area contributed by atoms with Crippen LogP contribution in [-0.4, -0.2) is 28.5 Å². The van der Waals surface area contributed by atoms with Gasteiger partial charge in [0.15, 0.2) is 0 Å². The summed E-state index contributed by atoms with van der Waals surface area (Å²) in [7, 11) is 0. The van der Waals surface area contributed by atoms with Gasteiger partial charge < -0.3 is 10.0 Å². The molecule has 0 aliphatic carbocycles. The summed E-state index contributed by atoms with van der Waals surface area (Å²) in [6.45, 7) is 3.16. The standard InChI is InChI=1S/C22H21F3N2O/c1-14(2)22-26-20(15-3-7-17(23)8-4-15)11-21(27(22)12-19(25)13-28)16-5-9-18(24)10-6-16/h3-12,14,22,28H,13H2,1-2H3. The third-order valence-electron chi connectivity index (χ3n) is 4.41. The van der Waals surface area contributed by atoms with Crippen LogP contribution in [0.15, 0.2) is 71.6 Å². The first-order valence-electron chi connectivity index (χ1n) is 8.96. The molecule has 1 aliphatic rings. The molecular weight excluding hydrogens is 365 g/mol. The van der Waals surface area contributed by atoms with Crippen molar-refractivity contribution in [2.24, 2.45) is 10.9 Å². The number of aliphatic hydroxyl groups is 1. The smallest absolute Gasteiger partial charge is 0.141 e. The van der Waals surface area contributed by atoms with Gasteiger partial charge in [-0.3, -0.25) is 4.99 Å². The maximum atomic E-state index is 14.0. The van der Waals surface area contributed by atoms with E-state index in [0.29, 0.717) is 17.0 Å². The SMILES string of the molecule is CC(C)C1N=C(c2ccc(F)cc2)C=C(c2ccc(F)cc2)N1C=C(F)CO. The normalized spacial score (nSPS) is 17.6. The lowest BCUT2D eigenvalue weighted by Gasteiger charge is -2.36. The molecule has 1 N–H and O–H groups in total. The van der Waals surface area contributed by atoms with Gasteiger partial charge in [-0.15, -0.1) is 0 Å². The van der Waals surface area contributed by atoms with E-state index >= 15 is 0 Å². The van der Waals surface area contributed by atoms with Crippen molar-refractivity contribution in [1.82, 2.24) is 4.90 Å². The van der Waals surface area contributed by atoms with Crippen LogP contribution in [0.3, 0.4) is 0 Å². The Hall–Kier alpha value is -2.86. The Morgan fingerprint density at radius 2 is 1.57 bits per heavy atom. The van der Waals surface area contributed by atoms with Crippen molar-refractivity contribution >= 4 is 11.4 Å². The van der Waals surface area contributed by atoms with Crippen LogP contribution in [0.2, 0.25) is 0 Å². The molecule has 1 atom stereocenters. The minimum atomic E-state index is -0.730. The van der Waals surface area contributed by atoms with Crippen LogP contribution in [0.4, 0.5) is 13.2 Å². The predicted molar refractivity (Wildman–Crippen MR) is 104 cm³/mol. The number of hydrogen-bond donors (Lipinski definition) is 1. The fourth-order valence-electron chi connectivity index (χ4n) is 3.03. The molecule has 146 valence electrons. The zero-order valence-electron chi connectivity index (χ0n) is 15.6. The van der Waals surface area contributed by atoms with Gasteiger partial charge in [0, 0.05) is 11.8 Å². The Kier molecular flexibility index (Phi) is 5.99. The van der Waals surface area contributed by atoms with E-state index in [0.717, 1.165) is 5.56 Å². The number of nitrogens with zero attached hydrogens (tertiary/aromatic N) is 2. The lowest BCUT2D eigenvalue weighted by molar-refractivity contribution is 0.272. The highest BCUT2D eigenvalue weighted by Crippen LogP contribution is 2.32. The van der Waals surface area contributed by atoms with Crippen molar-refractivity contribution in [2.75, 3.05) is 6.61 Å². The van der Waals surface area contributed by atoms with E-state index in [1.807, 2.05) is 13.8 Å². The molecule has 0 fully saturated rings. The van der Waals surface area contributed by atoms with Crippen LogP contribution in [0.1, 0.15) is 25.0 Å². The van der Waals surface area contributed by atoms with Gasteiger partial charge in [-0.25, -0.2) is 13.2 Å². The Bertz CT molecular complexity index is 916. The fourth-order valence-corrected chi connectivity index (χ4v) is 3.03. The number of aliphatic imine (C=N–C) groups is 1. The second-order valence-electron chi connectivity index (χ2n) is 6.86. The van der Waals surface area contributed by atoms with Crippen molar-refractivity contribution in [3.8, 4) is 0 Å². The van der Waals surface area contributed by atoms with Crippen molar-refractivity contribution < 1.29 is 18.3 Å². The summed E-state index contributed by atoms with van der Waals surface area (Å²) in [5, 5.41) is 9.13. The van der Waals surface area contributed by atoms with E-state index in [4.69, 9.17) is 10.1 Å². The fraction of sp³-hybridized carbons (Fsp3) is 0.227. The van der Waals surface area contributed by atoms with Crippen LogP contribution in [0.25, 0.3) is 5.70 Å². The Morgan fingerprint density at radius 3 is 2.07 bits per heavy atom. The average Bonchev–Trinajstić information content (AvgIpc) is 2.69. The van der Waals surface area contributed by atoms with E-state index in [9.17, 15) is 13.2 Å². The first-order valence-corrected chi connectivity index (χ1v) is 8.96. The summed E-state index contributed by atoms with van der Waals surface area (Å²) in [6, 6.07) is 11.8. The molecule has 0 spiro atoms. The van der Waals surface area contributed by atoms with Gasteiger partial charge in [-0.2, -0.15) is 0 Å². The van der Waals surface area contributed by atoms with Crippen LogP contribution >= 0.6 is 0 Å². The average molecular weight is 386 g/mol. The van der Waals surface area contributed by atoms with Gasteiger partial charge in [-0.1, -0.05) is 13.8 Å².